The maximum atomic E-state index is 12.6. The summed E-state index contributed by atoms with van der Waals surface area (Å²) in [5.74, 6) is 0. The van der Waals surface area contributed by atoms with Gasteiger partial charge in [0.05, 0.1) is 18.8 Å². The first-order valence-corrected chi connectivity index (χ1v) is 13.4. The summed E-state index contributed by atoms with van der Waals surface area (Å²) in [6.07, 6.45) is 2.42. The highest BCUT2D eigenvalue weighted by molar-refractivity contribution is 6.99. The van der Waals surface area contributed by atoms with Crippen molar-refractivity contribution in [2.45, 2.75) is 64.1 Å². The molecule has 0 bridgehead atoms. The standard InChI is InChI=1S/C26H35NO4Si/c1-5-6-17-30-25(29)27-19-22(18-21(27)20-28)31-32(26(2,3)4,23-13-9-7-10-14-23)24-15-11-8-12-16-24/h7-16,20-22H,5-6,17-19H2,1-4H3/t21-,22+/m1/s1. The Morgan fingerprint density at radius 3 is 2.09 bits per heavy atom. The Labute approximate surface area is 192 Å². The van der Waals surface area contributed by atoms with Gasteiger partial charge in [-0.3, -0.25) is 4.90 Å². The van der Waals surface area contributed by atoms with Crippen LogP contribution in [0.1, 0.15) is 47.0 Å². The predicted octanol–water partition coefficient (Wildman–Crippen LogP) is 4.14. The van der Waals surface area contributed by atoms with E-state index < -0.39 is 20.5 Å². The molecule has 1 saturated heterocycles. The number of amides is 1. The highest BCUT2D eigenvalue weighted by atomic mass is 28.4. The lowest BCUT2D eigenvalue weighted by molar-refractivity contribution is -0.111. The number of unbranched alkanes of at least 4 members (excludes halogenated alkanes) is 1. The summed E-state index contributed by atoms with van der Waals surface area (Å²) in [5, 5.41) is 2.21. The van der Waals surface area contributed by atoms with E-state index in [0.717, 1.165) is 19.1 Å². The number of carbonyl (C=O) groups is 2. The normalized spacial score (nSPS) is 19.1. The van der Waals surface area contributed by atoms with Crippen LogP contribution in [0.2, 0.25) is 5.04 Å². The van der Waals surface area contributed by atoms with Gasteiger partial charge in [-0.25, -0.2) is 4.79 Å². The topological polar surface area (TPSA) is 55.8 Å². The zero-order valence-corrected chi connectivity index (χ0v) is 20.6. The minimum Gasteiger partial charge on any atom is -0.449 e. The lowest BCUT2D eigenvalue weighted by atomic mass is 10.2. The van der Waals surface area contributed by atoms with Crippen molar-refractivity contribution in [1.82, 2.24) is 4.90 Å². The first kappa shape index (κ1) is 24.2. The van der Waals surface area contributed by atoms with Gasteiger partial charge in [-0.15, -0.1) is 0 Å². The van der Waals surface area contributed by atoms with Crippen molar-refractivity contribution in [1.29, 1.82) is 0 Å². The molecule has 172 valence electrons. The number of aldehydes is 1. The minimum atomic E-state index is -2.75. The second-order valence-corrected chi connectivity index (χ2v) is 13.7. The van der Waals surface area contributed by atoms with Gasteiger partial charge in [0.2, 0.25) is 0 Å². The molecule has 6 heteroatoms. The van der Waals surface area contributed by atoms with Crippen molar-refractivity contribution in [3.05, 3.63) is 60.7 Å². The summed E-state index contributed by atoms with van der Waals surface area (Å²) >= 11 is 0. The number of rotatable bonds is 8. The van der Waals surface area contributed by atoms with E-state index in [1.807, 2.05) is 19.1 Å². The fraction of sp³-hybridized carbons (Fsp3) is 0.462. The third-order valence-corrected chi connectivity index (χ3v) is 11.3. The van der Waals surface area contributed by atoms with Gasteiger partial charge in [-0.05, 0) is 21.8 Å². The van der Waals surface area contributed by atoms with Crippen LogP contribution in [0.5, 0.6) is 0 Å². The molecule has 0 spiro atoms. The van der Waals surface area contributed by atoms with Crippen LogP contribution in [0.3, 0.4) is 0 Å². The Morgan fingerprint density at radius 2 is 1.62 bits per heavy atom. The molecule has 0 aromatic heterocycles. The zero-order valence-electron chi connectivity index (χ0n) is 19.6. The number of likely N-dealkylation sites (tertiary alicyclic amines) is 1. The Balaban J connectivity index is 1.96. The Kier molecular flexibility index (Phi) is 7.90. The van der Waals surface area contributed by atoms with Gasteiger partial charge < -0.3 is 14.0 Å². The van der Waals surface area contributed by atoms with Crippen LogP contribution in [0.15, 0.2) is 60.7 Å². The van der Waals surface area contributed by atoms with Crippen molar-refractivity contribution in [2.75, 3.05) is 13.2 Å². The maximum absolute atomic E-state index is 12.6. The molecule has 2 aromatic rings. The molecule has 1 aliphatic rings. The Bertz CT molecular complexity index is 842. The Hall–Kier alpha value is -2.44. The molecular formula is C26H35NO4Si. The van der Waals surface area contributed by atoms with Crippen LogP contribution >= 0.6 is 0 Å². The molecule has 3 rings (SSSR count). The molecule has 5 nitrogen and oxygen atoms in total. The van der Waals surface area contributed by atoms with Crippen molar-refractivity contribution in [3.63, 3.8) is 0 Å². The van der Waals surface area contributed by atoms with Gasteiger partial charge in [0.15, 0.2) is 0 Å². The Morgan fingerprint density at radius 1 is 1.06 bits per heavy atom. The molecule has 0 radical (unpaired) electrons. The molecule has 1 fully saturated rings. The van der Waals surface area contributed by atoms with Gasteiger partial charge in [-0.1, -0.05) is 94.8 Å². The largest absolute Gasteiger partial charge is 0.449 e. The summed E-state index contributed by atoms with van der Waals surface area (Å²) in [7, 11) is -2.75. The molecule has 0 aliphatic carbocycles. The number of carbonyl (C=O) groups excluding carboxylic acids is 2. The van der Waals surface area contributed by atoms with E-state index in [2.05, 4.69) is 69.3 Å². The molecule has 0 saturated carbocycles. The van der Waals surface area contributed by atoms with Gasteiger partial charge in [-0.2, -0.15) is 0 Å². The molecule has 0 unspecified atom stereocenters. The number of benzene rings is 2. The maximum Gasteiger partial charge on any atom is 0.410 e. The second-order valence-electron chi connectivity index (χ2n) is 9.46. The molecule has 32 heavy (non-hydrogen) atoms. The number of hydrogen-bond donors (Lipinski definition) is 0. The van der Waals surface area contributed by atoms with Crippen LogP contribution in [0.4, 0.5) is 4.79 Å². The van der Waals surface area contributed by atoms with E-state index in [1.54, 1.807) is 0 Å². The second kappa shape index (κ2) is 10.4. The van der Waals surface area contributed by atoms with Crippen molar-refractivity contribution in [3.8, 4) is 0 Å². The number of hydrogen-bond acceptors (Lipinski definition) is 4. The monoisotopic (exact) mass is 453 g/mol. The molecule has 2 atom stereocenters. The quantitative estimate of drug-likeness (QED) is 0.342. The van der Waals surface area contributed by atoms with Crippen LogP contribution in [0.25, 0.3) is 0 Å². The fourth-order valence-electron chi connectivity index (χ4n) is 4.58. The van der Waals surface area contributed by atoms with E-state index in [4.69, 9.17) is 9.16 Å². The fourth-order valence-corrected chi connectivity index (χ4v) is 9.26. The van der Waals surface area contributed by atoms with Crippen molar-refractivity contribution >= 4 is 31.1 Å². The first-order valence-electron chi connectivity index (χ1n) is 11.5. The van der Waals surface area contributed by atoms with Gasteiger partial charge in [0.1, 0.15) is 6.29 Å². The summed E-state index contributed by atoms with van der Waals surface area (Å²) in [6, 6.07) is 20.3. The van der Waals surface area contributed by atoms with Crippen molar-refractivity contribution < 1.29 is 18.8 Å². The summed E-state index contributed by atoms with van der Waals surface area (Å²) < 4.78 is 12.5. The lowest BCUT2D eigenvalue weighted by Gasteiger charge is -2.44. The number of ether oxygens (including phenoxy) is 1. The van der Waals surface area contributed by atoms with Gasteiger partial charge in [0, 0.05) is 13.0 Å². The molecule has 2 aromatic carbocycles. The first-order chi connectivity index (χ1) is 15.3. The van der Waals surface area contributed by atoms with Crippen molar-refractivity contribution in [2.24, 2.45) is 0 Å². The average Bonchev–Trinajstić information content (AvgIpc) is 3.21. The van der Waals surface area contributed by atoms with Crippen LogP contribution in [-0.2, 0) is 14.0 Å². The predicted molar refractivity (Wildman–Crippen MR) is 130 cm³/mol. The summed E-state index contributed by atoms with van der Waals surface area (Å²) in [5.41, 5.74) is 0. The van der Waals surface area contributed by atoms with E-state index in [-0.39, 0.29) is 11.1 Å². The van der Waals surface area contributed by atoms with Gasteiger partial charge in [0.25, 0.3) is 8.32 Å². The molecule has 1 aliphatic heterocycles. The smallest absolute Gasteiger partial charge is 0.410 e. The van der Waals surface area contributed by atoms with E-state index in [9.17, 15) is 9.59 Å². The average molecular weight is 454 g/mol. The van der Waals surface area contributed by atoms with Crippen LogP contribution in [-0.4, -0.2) is 50.9 Å². The van der Waals surface area contributed by atoms with Crippen LogP contribution in [0, 0.1) is 0 Å². The third-order valence-electron chi connectivity index (χ3n) is 6.18. The third kappa shape index (κ3) is 4.97. The van der Waals surface area contributed by atoms with Crippen LogP contribution < -0.4 is 10.4 Å². The van der Waals surface area contributed by atoms with E-state index in [1.165, 1.54) is 15.3 Å². The molecule has 0 N–H and O–H groups in total. The van der Waals surface area contributed by atoms with E-state index >= 15 is 0 Å². The number of nitrogens with zero attached hydrogens (tertiary/aromatic N) is 1. The molecule has 1 amide bonds. The zero-order chi connectivity index (χ0) is 23.2. The SMILES string of the molecule is CCCCOC(=O)N1C[C@@H](O[Si](c2ccccc2)(c2ccccc2)C(C)(C)C)C[C@@H]1C=O. The minimum absolute atomic E-state index is 0.165. The highest BCUT2D eigenvalue weighted by Gasteiger charge is 2.53. The summed E-state index contributed by atoms with van der Waals surface area (Å²) in [4.78, 5) is 26.0. The molecule has 1 heterocycles. The molecular weight excluding hydrogens is 418 g/mol. The van der Waals surface area contributed by atoms with E-state index in [0.29, 0.717) is 19.6 Å². The lowest BCUT2D eigenvalue weighted by Crippen LogP contribution is -2.67. The highest BCUT2D eigenvalue weighted by Crippen LogP contribution is 2.39. The summed E-state index contributed by atoms with van der Waals surface area (Å²) in [6.45, 7) is 9.45. The van der Waals surface area contributed by atoms with Gasteiger partial charge >= 0.3 is 6.09 Å².